The van der Waals surface area contributed by atoms with Crippen LogP contribution in [0, 0.1) is 5.92 Å². The Balaban J connectivity index is 2.02. The summed E-state index contributed by atoms with van der Waals surface area (Å²) in [5, 5.41) is 0. The summed E-state index contributed by atoms with van der Waals surface area (Å²) >= 11 is 0. The molecule has 0 spiro atoms. The highest BCUT2D eigenvalue weighted by atomic mass is 16.5. The van der Waals surface area contributed by atoms with E-state index in [4.69, 9.17) is 15.3 Å². The zero-order valence-electron chi connectivity index (χ0n) is 11.1. The van der Waals surface area contributed by atoms with Crippen molar-refractivity contribution in [3.05, 3.63) is 23.8 Å². The van der Waals surface area contributed by atoms with Crippen LogP contribution >= 0.6 is 0 Å². The lowest BCUT2D eigenvalue weighted by Crippen LogP contribution is -2.37. The fourth-order valence-electron chi connectivity index (χ4n) is 2.26. The van der Waals surface area contributed by atoms with Gasteiger partial charge in [0.25, 0.3) is 0 Å². The molecule has 1 atom stereocenters. The van der Waals surface area contributed by atoms with Crippen molar-refractivity contribution in [2.45, 2.75) is 31.7 Å². The van der Waals surface area contributed by atoms with E-state index in [0.717, 1.165) is 30.3 Å². The summed E-state index contributed by atoms with van der Waals surface area (Å²) in [6.07, 6.45) is 4.78. The second kappa shape index (κ2) is 6.07. The number of hydrogen-bond acceptors (Lipinski definition) is 4. The van der Waals surface area contributed by atoms with Crippen molar-refractivity contribution in [3.8, 4) is 11.5 Å². The molecule has 4 heteroatoms. The third-order valence-electron chi connectivity index (χ3n) is 3.48. The maximum atomic E-state index is 5.62. The topological polar surface area (TPSA) is 56.5 Å². The molecule has 0 amide bonds. The minimum absolute atomic E-state index is 0.343. The first-order valence-corrected chi connectivity index (χ1v) is 6.43. The molecule has 0 heterocycles. The molecule has 1 saturated carbocycles. The molecular weight excluding hydrogens is 228 g/mol. The largest absolute Gasteiger partial charge is 0.493 e. The lowest BCUT2D eigenvalue weighted by Gasteiger charge is -2.16. The third kappa shape index (κ3) is 3.37. The van der Waals surface area contributed by atoms with E-state index in [-0.39, 0.29) is 0 Å². The van der Waals surface area contributed by atoms with Gasteiger partial charge >= 0.3 is 0 Å². The summed E-state index contributed by atoms with van der Waals surface area (Å²) in [4.78, 5) is 0. The number of rotatable bonds is 7. The Hall–Kier alpha value is -1.26. The van der Waals surface area contributed by atoms with Gasteiger partial charge in [-0.15, -0.1) is 0 Å². The molecule has 0 saturated heterocycles. The van der Waals surface area contributed by atoms with Gasteiger partial charge in [-0.1, -0.05) is 18.9 Å². The third-order valence-corrected chi connectivity index (χ3v) is 3.48. The van der Waals surface area contributed by atoms with Crippen LogP contribution < -0.4 is 20.7 Å². The minimum Gasteiger partial charge on any atom is -0.493 e. The first-order chi connectivity index (χ1) is 8.76. The Morgan fingerprint density at radius 3 is 2.56 bits per heavy atom. The van der Waals surface area contributed by atoms with Crippen LogP contribution in [-0.2, 0) is 6.42 Å². The monoisotopic (exact) mass is 250 g/mol. The fraction of sp³-hybridized carbons (Fsp3) is 0.571. The Labute approximate surface area is 108 Å². The number of methoxy groups -OCH3 is 2. The highest BCUT2D eigenvalue weighted by Crippen LogP contribution is 2.34. The zero-order chi connectivity index (χ0) is 13.0. The summed E-state index contributed by atoms with van der Waals surface area (Å²) in [6.45, 7) is 0. The van der Waals surface area contributed by atoms with E-state index in [1.54, 1.807) is 14.2 Å². The van der Waals surface area contributed by atoms with Gasteiger partial charge in [0, 0.05) is 6.04 Å². The zero-order valence-corrected chi connectivity index (χ0v) is 11.1. The molecule has 1 aromatic rings. The Bertz CT molecular complexity index is 391. The van der Waals surface area contributed by atoms with Gasteiger partial charge in [0.15, 0.2) is 11.5 Å². The first kappa shape index (κ1) is 13.2. The molecule has 1 aromatic carbocycles. The molecule has 0 aliphatic heterocycles. The van der Waals surface area contributed by atoms with Crippen LogP contribution in [0.5, 0.6) is 11.5 Å². The lowest BCUT2D eigenvalue weighted by molar-refractivity contribution is 0.354. The standard InChI is InChI=1S/C14H22N2O2/c1-17-13-6-5-11(9-14(13)18-2)8-12(16-15)7-10-3-4-10/h5-6,9-10,12,16H,3-4,7-8,15H2,1-2H3. The average molecular weight is 250 g/mol. The second-order valence-corrected chi connectivity index (χ2v) is 4.94. The highest BCUT2D eigenvalue weighted by Gasteiger charge is 2.25. The maximum Gasteiger partial charge on any atom is 0.160 e. The van der Waals surface area contributed by atoms with Gasteiger partial charge in [0.1, 0.15) is 0 Å². The average Bonchev–Trinajstić information content (AvgIpc) is 3.21. The maximum absolute atomic E-state index is 5.62. The molecule has 18 heavy (non-hydrogen) atoms. The van der Waals surface area contributed by atoms with Crippen LogP contribution in [0.4, 0.5) is 0 Å². The van der Waals surface area contributed by atoms with Gasteiger partial charge < -0.3 is 9.47 Å². The number of hydrogen-bond donors (Lipinski definition) is 2. The molecule has 0 bridgehead atoms. The Morgan fingerprint density at radius 2 is 2.00 bits per heavy atom. The van der Waals surface area contributed by atoms with E-state index in [9.17, 15) is 0 Å². The van der Waals surface area contributed by atoms with Gasteiger partial charge in [-0.05, 0) is 36.5 Å². The Kier molecular flexibility index (Phi) is 4.44. The molecule has 1 fully saturated rings. The van der Waals surface area contributed by atoms with Gasteiger partial charge in [-0.25, -0.2) is 0 Å². The molecule has 0 aromatic heterocycles. The van der Waals surface area contributed by atoms with Gasteiger partial charge in [0.05, 0.1) is 14.2 Å². The molecule has 1 aliphatic rings. The van der Waals surface area contributed by atoms with Gasteiger partial charge in [0.2, 0.25) is 0 Å². The molecule has 100 valence electrons. The van der Waals surface area contributed by atoms with Crippen LogP contribution in [-0.4, -0.2) is 20.3 Å². The molecule has 1 aliphatic carbocycles. The fourth-order valence-corrected chi connectivity index (χ4v) is 2.26. The molecular formula is C14H22N2O2. The Morgan fingerprint density at radius 1 is 1.28 bits per heavy atom. The van der Waals surface area contributed by atoms with Crippen LogP contribution in [0.15, 0.2) is 18.2 Å². The predicted octanol–water partition coefficient (Wildman–Crippen LogP) is 1.88. The van der Waals surface area contributed by atoms with E-state index in [0.29, 0.717) is 6.04 Å². The second-order valence-electron chi connectivity index (χ2n) is 4.94. The number of benzene rings is 1. The quantitative estimate of drug-likeness (QED) is 0.573. The minimum atomic E-state index is 0.343. The van der Waals surface area contributed by atoms with Crippen molar-refractivity contribution >= 4 is 0 Å². The van der Waals surface area contributed by atoms with Crippen molar-refractivity contribution in [2.24, 2.45) is 11.8 Å². The SMILES string of the molecule is COc1ccc(CC(CC2CC2)NN)cc1OC. The summed E-state index contributed by atoms with van der Waals surface area (Å²) < 4.78 is 10.5. The normalized spacial score (nSPS) is 16.4. The number of ether oxygens (including phenoxy) is 2. The van der Waals surface area contributed by atoms with E-state index in [1.165, 1.54) is 18.4 Å². The number of hydrazine groups is 1. The predicted molar refractivity (Wildman–Crippen MR) is 71.7 cm³/mol. The van der Waals surface area contributed by atoms with E-state index < -0.39 is 0 Å². The lowest BCUT2D eigenvalue weighted by atomic mass is 10.0. The van der Waals surface area contributed by atoms with Crippen LogP contribution in [0.3, 0.4) is 0 Å². The van der Waals surface area contributed by atoms with Crippen LogP contribution in [0.25, 0.3) is 0 Å². The molecule has 3 N–H and O–H groups in total. The molecule has 1 unspecified atom stereocenters. The van der Waals surface area contributed by atoms with Gasteiger partial charge in [-0.3, -0.25) is 11.3 Å². The molecule has 4 nitrogen and oxygen atoms in total. The van der Waals surface area contributed by atoms with Crippen molar-refractivity contribution < 1.29 is 9.47 Å². The van der Waals surface area contributed by atoms with Crippen molar-refractivity contribution in [3.63, 3.8) is 0 Å². The molecule has 2 rings (SSSR count). The van der Waals surface area contributed by atoms with Crippen molar-refractivity contribution in [1.82, 2.24) is 5.43 Å². The van der Waals surface area contributed by atoms with Crippen molar-refractivity contribution in [2.75, 3.05) is 14.2 Å². The van der Waals surface area contributed by atoms with Crippen LogP contribution in [0.1, 0.15) is 24.8 Å². The van der Waals surface area contributed by atoms with Crippen LogP contribution in [0.2, 0.25) is 0 Å². The number of nitrogens with two attached hydrogens (primary N) is 1. The first-order valence-electron chi connectivity index (χ1n) is 6.43. The number of nitrogens with one attached hydrogen (secondary N) is 1. The summed E-state index contributed by atoms with van der Waals surface area (Å²) in [7, 11) is 3.30. The van der Waals surface area contributed by atoms with Gasteiger partial charge in [-0.2, -0.15) is 0 Å². The highest BCUT2D eigenvalue weighted by molar-refractivity contribution is 5.43. The summed E-state index contributed by atoms with van der Waals surface area (Å²) in [5.74, 6) is 8.02. The van der Waals surface area contributed by atoms with Crippen molar-refractivity contribution in [1.29, 1.82) is 0 Å². The summed E-state index contributed by atoms with van der Waals surface area (Å²) in [6, 6.07) is 6.38. The molecule has 0 radical (unpaired) electrons. The van der Waals surface area contributed by atoms with E-state index in [2.05, 4.69) is 11.5 Å². The summed E-state index contributed by atoms with van der Waals surface area (Å²) in [5.41, 5.74) is 4.13. The van der Waals surface area contributed by atoms with E-state index in [1.807, 2.05) is 12.1 Å². The van der Waals surface area contributed by atoms with E-state index >= 15 is 0 Å². The smallest absolute Gasteiger partial charge is 0.160 e.